The molecule has 2 heterocycles. The molecule has 0 saturated carbocycles. The summed E-state index contributed by atoms with van der Waals surface area (Å²) >= 11 is 0. The minimum Gasteiger partial charge on any atom is -0.494 e. The lowest BCUT2D eigenvalue weighted by Crippen LogP contribution is -2.57. The van der Waals surface area contributed by atoms with Gasteiger partial charge in [0.15, 0.2) is 6.61 Å². The number of hydrogen-bond donors (Lipinski definition) is 0. The van der Waals surface area contributed by atoms with E-state index in [4.69, 9.17) is 14.2 Å². The average molecular weight is 328 g/mol. The van der Waals surface area contributed by atoms with Crippen LogP contribution >= 0.6 is 0 Å². The van der Waals surface area contributed by atoms with Gasteiger partial charge in [-0.05, 0) is 43.3 Å². The second-order valence-electron chi connectivity index (χ2n) is 5.42. The summed E-state index contributed by atoms with van der Waals surface area (Å²) in [5, 5.41) is 0. The summed E-state index contributed by atoms with van der Waals surface area (Å²) in [5.41, 5.74) is 0. The molecule has 1 aliphatic heterocycles. The third-order valence-electron chi connectivity index (χ3n) is 3.63. The number of amides is 1. The van der Waals surface area contributed by atoms with Gasteiger partial charge in [-0.25, -0.2) is 0 Å². The Morgan fingerprint density at radius 3 is 2.46 bits per heavy atom. The van der Waals surface area contributed by atoms with E-state index >= 15 is 0 Å². The van der Waals surface area contributed by atoms with Gasteiger partial charge in [0.1, 0.15) is 23.4 Å². The fourth-order valence-corrected chi connectivity index (χ4v) is 2.36. The highest BCUT2D eigenvalue weighted by Gasteiger charge is 2.32. The molecule has 0 spiro atoms. The lowest BCUT2D eigenvalue weighted by molar-refractivity contribution is -0.142. The van der Waals surface area contributed by atoms with E-state index < -0.39 is 0 Å². The van der Waals surface area contributed by atoms with Gasteiger partial charge in [0, 0.05) is 6.20 Å². The van der Waals surface area contributed by atoms with Crippen LogP contribution in [0.25, 0.3) is 0 Å². The third kappa shape index (κ3) is 4.16. The standard InChI is InChI=1S/C18H20N2O4/c1-2-22-14-5-7-15(8-6-14)23-13-18(21)20-11-17(12-20)24-16-4-3-9-19-10-16/h3-10,17H,2,11-13H2,1H3. The molecule has 1 saturated heterocycles. The predicted octanol–water partition coefficient (Wildman–Crippen LogP) is 2.15. The third-order valence-corrected chi connectivity index (χ3v) is 3.63. The maximum Gasteiger partial charge on any atom is 0.260 e. The zero-order valence-electron chi connectivity index (χ0n) is 13.6. The first kappa shape index (κ1) is 16.1. The number of carbonyl (C=O) groups excluding carboxylic acids is 1. The Hall–Kier alpha value is -2.76. The molecule has 0 radical (unpaired) electrons. The van der Waals surface area contributed by atoms with Gasteiger partial charge < -0.3 is 19.1 Å². The van der Waals surface area contributed by atoms with E-state index in [9.17, 15) is 4.79 Å². The van der Waals surface area contributed by atoms with Crippen molar-refractivity contribution < 1.29 is 19.0 Å². The number of hydrogen-bond acceptors (Lipinski definition) is 5. The molecule has 0 N–H and O–H groups in total. The molecule has 0 aliphatic carbocycles. The fourth-order valence-electron chi connectivity index (χ4n) is 2.36. The van der Waals surface area contributed by atoms with Gasteiger partial charge in [0.25, 0.3) is 5.91 Å². The Bertz CT molecular complexity index is 654. The largest absolute Gasteiger partial charge is 0.494 e. The monoisotopic (exact) mass is 328 g/mol. The molecule has 0 atom stereocenters. The molecule has 1 amide bonds. The van der Waals surface area contributed by atoms with E-state index in [-0.39, 0.29) is 18.6 Å². The van der Waals surface area contributed by atoms with Crippen LogP contribution in [0.1, 0.15) is 6.92 Å². The van der Waals surface area contributed by atoms with Crippen LogP contribution in [0.3, 0.4) is 0 Å². The number of aromatic nitrogens is 1. The molecular formula is C18H20N2O4. The van der Waals surface area contributed by atoms with E-state index in [0.29, 0.717) is 25.4 Å². The number of pyridine rings is 1. The number of rotatable bonds is 7. The van der Waals surface area contributed by atoms with Crippen LogP contribution < -0.4 is 14.2 Å². The smallest absolute Gasteiger partial charge is 0.260 e. The van der Waals surface area contributed by atoms with Crippen LogP contribution in [-0.4, -0.2) is 48.2 Å². The number of nitrogens with zero attached hydrogens (tertiary/aromatic N) is 2. The second-order valence-corrected chi connectivity index (χ2v) is 5.42. The Labute approximate surface area is 141 Å². The van der Waals surface area contributed by atoms with Gasteiger partial charge in [0.2, 0.25) is 0 Å². The highest BCUT2D eigenvalue weighted by atomic mass is 16.5. The molecule has 1 aromatic carbocycles. The lowest BCUT2D eigenvalue weighted by Gasteiger charge is -2.38. The average Bonchev–Trinajstić information content (AvgIpc) is 2.58. The molecule has 0 bridgehead atoms. The topological polar surface area (TPSA) is 60.9 Å². The Kier molecular flexibility index (Phi) is 5.15. The van der Waals surface area contributed by atoms with Crippen molar-refractivity contribution >= 4 is 5.91 Å². The minimum atomic E-state index is -0.0464. The molecule has 1 aliphatic rings. The first-order valence-corrected chi connectivity index (χ1v) is 7.94. The van der Waals surface area contributed by atoms with Crippen molar-refractivity contribution in [2.45, 2.75) is 13.0 Å². The van der Waals surface area contributed by atoms with Gasteiger partial charge in [-0.2, -0.15) is 0 Å². The number of carbonyl (C=O) groups is 1. The van der Waals surface area contributed by atoms with E-state index in [1.54, 1.807) is 29.4 Å². The summed E-state index contributed by atoms with van der Waals surface area (Å²) in [4.78, 5) is 17.8. The van der Waals surface area contributed by atoms with Crippen LogP contribution in [0.5, 0.6) is 17.2 Å². The highest BCUT2D eigenvalue weighted by Crippen LogP contribution is 2.19. The number of likely N-dealkylation sites (tertiary alicyclic amines) is 1. The predicted molar refractivity (Wildman–Crippen MR) is 88.3 cm³/mol. The van der Waals surface area contributed by atoms with Crippen molar-refractivity contribution in [2.24, 2.45) is 0 Å². The highest BCUT2D eigenvalue weighted by molar-refractivity contribution is 5.78. The zero-order chi connectivity index (χ0) is 16.8. The van der Waals surface area contributed by atoms with Gasteiger partial charge in [-0.15, -0.1) is 0 Å². The molecule has 1 aromatic heterocycles. The first-order valence-electron chi connectivity index (χ1n) is 7.94. The second kappa shape index (κ2) is 7.68. The van der Waals surface area contributed by atoms with Crippen LogP contribution in [0.4, 0.5) is 0 Å². The molecule has 126 valence electrons. The van der Waals surface area contributed by atoms with Crippen LogP contribution in [0, 0.1) is 0 Å². The van der Waals surface area contributed by atoms with Crippen molar-refractivity contribution in [2.75, 3.05) is 26.3 Å². The van der Waals surface area contributed by atoms with Gasteiger partial charge >= 0.3 is 0 Å². The van der Waals surface area contributed by atoms with E-state index in [0.717, 1.165) is 11.5 Å². The van der Waals surface area contributed by atoms with Crippen LogP contribution in [0.2, 0.25) is 0 Å². The summed E-state index contributed by atoms with van der Waals surface area (Å²) < 4.78 is 16.6. The van der Waals surface area contributed by atoms with Crippen molar-refractivity contribution in [3.8, 4) is 17.2 Å². The Balaban J connectivity index is 1.39. The number of ether oxygens (including phenoxy) is 3. The number of benzene rings is 1. The summed E-state index contributed by atoms with van der Waals surface area (Å²) in [6, 6.07) is 10.9. The molecule has 24 heavy (non-hydrogen) atoms. The summed E-state index contributed by atoms with van der Waals surface area (Å²) in [5.74, 6) is 2.11. The Morgan fingerprint density at radius 1 is 1.12 bits per heavy atom. The fraction of sp³-hybridized carbons (Fsp3) is 0.333. The maximum atomic E-state index is 12.1. The summed E-state index contributed by atoms with van der Waals surface area (Å²) in [7, 11) is 0. The van der Waals surface area contributed by atoms with Gasteiger partial charge in [-0.3, -0.25) is 9.78 Å². The normalized spacial score (nSPS) is 14.0. The van der Waals surface area contributed by atoms with E-state index in [1.807, 2.05) is 31.2 Å². The molecule has 2 aromatic rings. The van der Waals surface area contributed by atoms with Crippen molar-refractivity contribution in [1.29, 1.82) is 0 Å². The van der Waals surface area contributed by atoms with Gasteiger partial charge in [-0.1, -0.05) is 0 Å². The summed E-state index contributed by atoms with van der Waals surface area (Å²) in [6.07, 6.45) is 3.38. The molecule has 6 nitrogen and oxygen atoms in total. The molecule has 0 unspecified atom stereocenters. The van der Waals surface area contributed by atoms with Crippen molar-refractivity contribution in [1.82, 2.24) is 9.88 Å². The minimum absolute atomic E-state index is 0.0172. The van der Waals surface area contributed by atoms with Crippen molar-refractivity contribution in [3.63, 3.8) is 0 Å². The van der Waals surface area contributed by atoms with Crippen LogP contribution in [-0.2, 0) is 4.79 Å². The maximum absolute atomic E-state index is 12.1. The molecular weight excluding hydrogens is 308 g/mol. The molecule has 6 heteroatoms. The Morgan fingerprint density at radius 2 is 1.83 bits per heavy atom. The van der Waals surface area contributed by atoms with E-state index in [1.165, 1.54) is 0 Å². The first-order chi connectivity index (χ1) is 11.7. The SMILES string of the molecule is CCOc1ccc(OCC(=O)N2CC(Oc3cccnc3)C2)cc1. The summed E-state index contributed by atoms with van der Waals surface area (Å²) in [6.45, 7) is 3.71. The quantitative estimate of drug-likeness (QED) is 0.779. The zero-order valence-corrected chi connectivity index (χ0v) is 13.6. The van der Waals surface area contributed by atoms with Crippen molar-refractivity contribution in [3.05, 3.63) is 48.8 Å². The molecule has 3 rings (SSSR count). The van der Waals surface area contributed by atoms with Gasteiger partial charge in [0.05, 0.1) is 25.9 Å². The lowest BCUT2D eigenvalue weighted by atomic mass is 10.1. The van der Waals surface area contributed by atoms with Crippen LogP contribution in [0.15, 0.2) is 48.8 Å². The van der Waals surface area contributed by atoms with E-state index in [2.05, 4.69) is 4.98 Å². The molecule has 1 fully saturated rings.